The van der Waals surface area contributed by atoms with Gasteiger partial charge in [0.05, 0.1) is 0 Å². The highest BCUT2D eigenvalue weighted by molar-refractivity contribution is 6.30. The Morgan fingerprint density at radius 1 is 1.42 bits per heavy atom. The molecule has 1 aromatic carbocycles. The molecule has 1 atom stereocenters. The molecular weight excluding hydrogens is 256 g/mol. The molecule has 0 aliphatic carbocycles. The van der Waals surface area contributed by atoms with Crippen LogP contribution in [0.4, 0.5) is 0 Å². The Labute approximate surface area is 123 Å². The van der Waals surface area contributed by atoms with Crippen LogP contribution in [0.2, 0.25) is 5.02 Å². The molecule has 0 amide bonds. The first-order valence-electron chi connectivity index (χ1n) is 6.81. The third-order valence-corrected chi connectivity index (χ3v) is 2.90. The first-order valence-corrected chi connectivity index (χ1v) is 7.19. The zero-order valence-corrected chi connectivity index (χ0v) is 13.8. The molecule has 0 aromatic heterocycles. The van der Waals surface area contributed by atoms with Crippen molar-refractivity contribution in [1.82, 2.24) is 0 Å². The summed E-state index contributed by atoms with van der Waals surface area (Å²) >= 11 is 5.86. The number of halogens is 1. The lowest BCUT2D eigenvalue weighted by Crippen LogP contribution is -1.94. The second-order valence-corrected chi connectivity index (χ2v) is 4.56. The van der Waals surface area contributed by atoms with Crippen molar-refractivity contribution in [1.29, 1.82) is 0 Å². The Morgan fingerprint density at radius 2 is 1.89 bits per heavy atom. The summed E-state index contributed by atoms with van der Waals surface area (Å²) in [6, 6.07) is 6.13. The van der Waals surface area contributed by atoms with Crippen LogP contribution in [0.5, 0.6) is 0 Å². The van der Waals surface area contributed by atoms with Crippen molar-refractivity contribution in [3.8, 4) is 0 Å². The Kier molecular flexibility index (Phi) is 12.8. The lowest BCUT2D eigenvalue weighted by Gasteiger charge is -2.12. The maximum atomic E-state index is 9.69. The summed E-state index contributed by atoms with van der Waals surface area (Å²) in [5.41, 5.74) is 2.72. The van der Waals surface area contributed by atoms with Crippen LogP contribution in [0, 0.1) is 6.92 Å². The summed E-state index contributed by atoms with van der Waals surface area (Å²) in [6.07, 6.45) is 2.46. The number of rotatable bonds is 3. The van der Waals surface area contributed by atoms with Gasteiger partial charge in [-0.1, -0.05) is 51.9 Å². The van der Waals surface area contributed by atoms with Crippen molar-refractivity contribution in [2.75, 3.05) is 0 Å². The Hall–Kier alpha value is -1.08. The molecule has 1 unspecified atom stereocenters. The number of hydrogen-bond donors (Lipinski definition) is 0. The topological polar surface area (TPSA) is 17.1 Å². The van der Waals surface area contributed by atoms with E-state index in [1.54, 1.807) is 0 Å². The molecule has 1 aromatic rings. The second-order valence-electron chi connectivity index (χ2n) is 4.12. The van der Waals surface area contributed by atoms with Gasteiger partial charge in [0.1, 0.15) is 0 Å². The molecule has 19 heavy (non-hydrogen) atoms. The average Bonchev–Trinajstić information content (AvgIpc) is 2.41. The number of ketones is 1. The van der Waals surface area contributed by atoms with E-state index in [0.717, 1.165) is 5.02 Å². The molecule has 0 aliphatic heterocycles. The summed E-state index contributed by atoms with van der Waals surface area (Å²) in [5.74, 6) is 0.660. The van der Waals surface area contributed by atoms with Gasteiger partial charge in [0.2, 0.25) is 0 Å². The van der Waals surface area contributed by atoms with Crippen molar-refractivity contribution in [3.05, 3.63) is 47.0 Å². The van der Waals surface area contributed by atoms with Gasteiger partial charge in [0.15, 0.2) is 5.78 Å². The molecule has 0 aliphatic rings. The van der Waals surface area contributed by atoms with E-state index in [0.29, 0.717) is 5.92 Å². The molecule has 108 valence electrons. The highest BCUT2D eigenvalue weighted by Gasteiger charge is 2.05. The van der Waals surface area contributed by atoms with Crippen LogP contribution in [-0.2, 0) is 4.79 Å². The predicted octanol–water partition coefficient (Wildman–Crippen LogP) is 5.95. The summed E-state index contributed by atoms with van der Waals surface area (Å²) in [6.45, 7) is 15.2. The normalized spacial score (nSPS) is 10.3. The Bertz CT molecular complexity index is 383. The van der Waals surface area contributed by atoms with Crippen LogP contribution in [0.1, 0.15) is 58.1 Å². The standard InChI is InChI=1S/C11H15Cl.C4H6O.C2H6/c1-4-8(2)11-6-5-10(12)7-9(11)3;1-3-4(2)5;1-2/h5-8H,4H2,1-3H3;3H,1H2,2H3;1-2H3. The first-order chi connectivity index (χ1) is 8.92. The van der Waals surface area contributed by atoms with Crippen LogP contribution in [0.15, 0.2) is 30.9 Å². The average molecular weight is 283 g/mol. The zero-order chi connectivity index (χ0) is 15.4. The largest absolute Gasteiger partial charge is 0.295 e. The van der Waals surface area contributed by atoms with Gasteiger partial charge in [-0.2, -0.15) is 0 Å². The number of aryl methyl sites for hydroxylation is 1. The summed E-state index contributed by atoms with van der Waals surface area (Å²) < 4.78 is 0. The van der Waals surface area contributed by atoms with Crippen molar-refractivity contribution < 1.29 is 4.79 Å². The van der Waals surface area contributed by atoms with Crippen LogP contribution in [-0.4, -0.2) is 5.78 Å². The molecule has 1 nitrogen and oxygen atoms in total. The van der Waals surface area contributed by atoms with Crippen LogP contribution in [0.3, 0.4) is 0 Å². The third kappa shape index (κ3) is 9.49. The minimum atomic E-state index is 0.0185. The van der Waals surface area contributed by atoms with Crippen molar-refractivity contribution in [2.45, 2.75) is 53.9 Å². The fourth-order valence-corrected chi connectivity index (χ4v) is 1.64. The molecule has 0 radical (unpaired) electrons. The molecule has 0 heterocycles. The Morgan fingerprint density at radius 3 is 2.21 bits per heavy atom. The molecule has 0 bridgehead atoms. The molecule has 1 rings (SSSR count). The third-order valence-electron chi connectivity index (χ3n) is 2.66. The summed E-state index contributed by atoms with van der Waals surface area (Å²) in [7, 11) is 0. The van der Waals surface area contributed by atoms with Crippen molar-refractivity contribution in [3.63, 3.8) is 0 Å². The van der Waals surface area contributed by atoms with Gasteiger partial charge in [-0.3, -0.25) is 4.79 Å². The quantitative estimate of drug-likeness (QED) is 0.626. The molecule has 0 fully saturated rings. The van der Waals surface area contributed by atoms with Gasteiger partial charge < -0.3 is 0 Å². The Balaban J connectivity index is 0. The lowest BCUT2D eigenvalue weighted by molar-refractivity contribution is -0.112. The van der Waals surface area contributed by atoms with Gasteiger partial charge in [-0.15, -0.1) is 0 Å². The summed E-state index contributed by atoms with van der Waals surface area (Å²) in [4.78, 5) is 9.69. The predicted molar refractivity (Wildman–Crippen MR) is 87.1 cm³/mol. The highest BCUT2D eigenvalue weighted by Crippen LogP contribution is 2.24. The van der Waals surface area contributed by atoms with E-state index in [1.165, 1.54) is 30.5 Å². The molecule has 0 spiro atoms. The molecular formula is C17H27ClO. The van der Waals surface area contributed by atoms with Crippen molar-refractivity contribution in [2.24, 2.45) is 0 Å². The summed E-state index contributed by atoms with van der Waals surface area (Å²) in [5, 5.41) is 0.833. The van der Waals surface area contributed by atoms with Gasteiger partial charge >= 0.3 is 0 Å². The van der Waals surface area contributed by atoms with Gasteiger partial charge in [0, 0.05) is 5.02 Å². The monoisotopic (exact) mass is 282 g/mol. The fraction of sp³-hybridized carbons (Fsp3) is 0.471. The van der Waals surface area contributed by atoms with Crippen LogP contribution >= 0.6 is 11.6 Å². The fourth-order valence-electron chi connectivity index (χ4n) is 1.41. The molecule has 0 saturated heterocycles. The van der Waals surface area contributed by atoms with E-state index in [9.17, 15) is 4.79 Å². The van der Waals surface area contributed by atoms with Gasteiger partial charge in [0.25, 0.3) is 0 Å². The highest BCUT2D eigenvalue weighted by atomic mass is 35.5. The minimum absolute atomic E-state index is 0.0185. The van der Waals surface area contributed by atoms with E-state index in [1.807, 2.05) is 26.0 Å². The van der Waals surface area contributed by atoms with Crippen LogP contribution in [0.25, 0.3) is 0 Å². The lowest BCUT2D eigenvalue weighted by atomic mass is 9.95. The number of carbonyl (C=O) groups excluding carboxylic acids is 1. The molecule has 2 heteroatoms. The number of benzene rings is 1. The van der Waals surface area contributed by atoms with E-state index in [-0.39, 0.29) is 5.78 Å². The van der Waals surface area contributed by atoms with Crippen molar-refractivity contribution >= 4 is 17.4 Å². The maximum absolute atomic E-state index is 9.69. The number of allylic oxidation sites excluding steroid dienone is 1. The van der Waals surface area contributed by atoms with E-state index in [2.05, 4.69) is 33.4 Å². The van der Waals surface area contributed by atoms with Crippen LogP contribution < -0.4 is 0 Å². The van der Waals surface area contributed by atoms with E-state index < -0.39 is 0 Å². The first kappa shape index (κ1) is 20.2. The smallest absolute Gasteiger partial charge is 0.152 e. The minimum Gasteiger partial charge on any atom is -0.295 e. The maximum Gasteiger partial charge on any atom is 0.152 e. The zero-order valence-electron chi connectivity index (χ0n) is 13.1. The molecule has 0 saturated carbocycles. The SMILES string of the molecule is C=CC(C)=O.CC.CCC(C)c1ccc(Cl)cc1C. The van der Waals surface area contributed by atoms with E-state index >= 15 is 0 Å². The number of carbonyl (C=O) groups is 1. The van der Waals surface area contributed by atoms with Gasteiger partial charge in [-0.05, 0) is 55.5 Å². The van der Waals surface area contributed by atoms with Gasteiger partial charge in [-0.25, -0.2) is 0 Å². The number of hydrogen-bond acceptors (Lipinski definition) is 1. The molecule has 0 N–H and O–H groups in total. The van der Waals surface area contributed by atoms with E-state index in [4.69, 9.17) is 11.6 Å². The second kappa shape index (κ2) is 12.0.